The molecule has 3 rings (SSSR count). The number of carbonyl (C=O) groups is 2. The minimum absolute atomic E-state index is 0.0426. The molecule has 0 spiro atoms. The van der Waals surface area contributed by atoms with Crippen LogP contribution in [0.2, 0.25) is 0 Å². The van der Waals surface area contributed by atoms with Gasteiger partial charge < -0.3 is 4.52 Å². The highest BCUT2D eigenvalue weighted by Crippen LogP contribution is 2.25. The Morgan fingerprint density at radius 2 is 2.17 bits per heavy atom. The van der Waals surface area contributed by atoms with Crippen LogP contribution in [-0.4, -0.2) is 36.6 Å². The van der Waals surface area contributed by atoms with Crippen molar-refractivity contribution in [1.82, 2.24) is 24.8 Å². The zero-order valence-corrected chi connectivity index (χ0v) is 13.4. The zero-order valence-electron chi connectivity index (χ0n) is 13.4. The van der Waals surface area contributed by atoms with Gasteiger partial charge >= 0.3 is 0 Å². The molecule has 0 aliphatic carbocycles. The molecule has 0 radical (unpaired) electrons. The molecule has 23 heavy (non-hydrogen) atoms. The summed E-state index contributed by atoms with van der Waals surface area (Å²) in [6, 6.07) is 0. The number of carbonyl (C=O) groups excluding carboxylic acids is 2. The number of aromatic nitrogens is 4. The largest absolute Gasteiger partial charge is 0.337 e. The van der Waals surface area contributed by atoms with Gasteiger partial charge in [0.1, 0.15) is 6.54 Å². The first-order chi connectivity index (χ1) is 10.9. The average Bonchev–Trinajstić information content (AvgIpc) is 3.17. The molecule has 8 heteroatoms. The number of nitrogens with zero attached hydrogens (tertiary/aromatic N) is 5. The topological polar surface area (TPSA) is 94.1 Å². The van der Waals surface area contributed by atoms with E-state index in [1.165, 1.54) is 4.90 Å². The van der Waals surface area contributed by atoms with E-state index in [2.05, 4.69) is 15.2 Å². The van der Waals surface area contributed by atoms with Gasteiger partial charge in [-0.05, 0) is 12.0 Å². The average molecular weight is 317 g/mol. The molecule has 0 aromatic carbocycles. The van der Waals surface area contributed by atoms with Gasteiger partial charge in [-0.3, -0.25) is 19.2 Å². The van der Waals surface area contributed by atoms with Gasteiger partial charge in [-0.2, -0.15) is 10.1 Å². The van der Waals surface area contributed by atoms with Crippen LogP contribution in [0, 0.1) is 5.92 Å². The molecule has 1 aliphatic heterocycles. The quantitative estimate of drug-likeness (QED) is 0.765. The molecular formula is C15H19N5O3. The van der Waals surface area contributed by atoms with E-state index in [-0.39, 0.29) is 42.5 Å². The van der Waals surface area contributed by atoms with Crippen LogP contribution in [0.3, 0.4) is 0 Å². The first-order valence-corrected chi connectivity index (χ1v) is 7.58. The molecule has 0 saturated carbocycles. The summed E-state index contributed by atoms with van der Waals surface area (Å²) < 4.78 is 6.80. The molecule has 3 heterocycles. The Bertz CT molecular complexity index is 733. The number of amides is 2. The van der Waals surface area contributed by atoms with Gasteiger partial charge in [-0.25, -0.2) is 0 Å². The lowest BCUT2D eigenvalue weighted by atomic mass is 10.0. The number of hydrogen-bond donors (Lipinski definition) is 0. The molecule has 0 bridgehead atoms. The Balaban J connectivity index is 1.68. The second kappa shape index (κ2) is 5.94. The smallest absolute Gasteiger partial charge is 0.246 e. The van der Waals surface area contributed by atoms with E-state index in [9.17, 15) is 9.59 Å². The van der Waals surface area contributed by atoms with Crippen LogP contribution in [0.15, 0.2) is 16.9 Å². The maximum absolute atomic E-state index is 12.5. The first-order valence-electron chi connectivity index (χ1n) is 7.58. The lowest BCUT2D eigenvalue weighted by molar-refractivity contribution is -0.140. The molecule has 2 amide bonds. The Morgan fingerprint density at radius 1 is 1.39 bits per heavy atom. The summed E-state index contributed by atoms with van der Waals surface area (Å²) >= 11 is 0. The molecule has 1 aliphatic rings. The SMILES string of the molecule is CC(C)c1noc(CN2C(=O)CC(Cc3cnn(C)c3)C2=O)n1. The van der Waals surface area contributed by atoms with Crippen molar-refractivity contribution >= 4 is 11.8 Å². The van der Waals surface area contributed by atoms with E-state index in [1.807, 2.05) is 27.1 Å². The summed E-state index contributed by atoms with van der Waals surface area (Å²) in [5.74, 6) is 0.259. The molecule has 122 valence electrons. The normalized spacial score (nSPS) is 18.4. The first kappa shape index (κ1) is 15.4. The molecular weight excluding hydrogens is 298 g/mol. The Morgan fingerprint density at radius 3 is 2.78 bits per heavy atom. The van der Waals surface area contributed by atoms with E-state index in [0.717, 1.165) is 5.56 Å². The summed E-state index contributed by atoms with van der Waals surface area (Å²) in [5.41, 5.74) is 0.945. The van der Waals surface area contributed by atoms with Crippen molar-refractivity contribution < 1.29 is 14.1 Å². The standard InChI is InChI=1S/C15H19N5O3/c1-9(2)14-17-12(23-18-14)8-20-13(21)5-11(15(20)22)4-10-6-16-19(3)7-10/h6-7,9,11H,4-5,8H2,1-3H3. The Hall–Kier alpha value is -2.51. The van der Waals surface area contributed by atoms with Crippen LogP contribution in [0.5, 0.6) is 0 Å². The van der Waals surface area contributed by atoms with Crippen LogP contribution in [0.1, 0.15) is 43.5 Å². The number of rotatable bonds is 5. The van der Waals surface area contributed by atoms with Gasteiger partial charge in [0.05, 0.1) is 12.1 Å². The highest BCUT2D eigenvalue weighted by Gasteiger charge is 2.39. The van der Waals surface area contributed by atoms with Crippen molar-refractivity contribution in [3.05, 3.63) is 29.7 Å². The predicted molar refractivity (Wildman–Crippen MR) is 79.0 cm³/mol. The van der Waals surface area contributed by atoms with E-state index < -0.39 is 0 Å². The fourth-order valence-corrected chi connectivity index (χ4v) is 2.64. The third-order valence-corrected chi connectivity index (χ3v) is 3.87. The monoisotopic (exact) mass is 317 g/mol. The second-order valence-corrected chi connectivity index (χ2v) is 6.15. The molecule has 2 aromatic heterocycles. The van der Waals surface area contributed by atoms with Crippen LogP contribution >= 0.6 is 0 Å². The predicted octanol–water partition coefficient (Wildman–Crippen LogP) is 1.04. The lowest BCUT2D eigenvalue weighted by Crippen LogP contribution is -2.30. The number of aryl methyl sites for hydroxylation is 1. The molecule has 1 atom stereocenters. The van der Waals surface area contributed by atoms with E-state index in [4.69, 9.17) is 4.52 Å². The molecule has 1 unspecified atom stereocenters. The van der Waals surface area contributed by atoms with Crippen molar-refractivity contribution in [3.63, 3.8) is 0 Å². The van der Waals surface area contributed by atoms with Gasteiger partial charge in [0.25, 0.3) is 0 Å². The summed E-state index contributed by atoms with van der Waals surface area (Å²) in [4.78, 5) is 30.0. The number of hydrogen-bond acceptors (Lipinski definition) is 6. The van der Waals surface area contributed by atoms with Gasteiger partial charge in [0.2, 0.25) is 17.7 Å². The minimum Gasteiger partial charge on any atom is -0.337 e. The van der Waals surface area contributed by atoms with Gasteiger partial charge in [0.15, 0.2) is 5.82 Å². The minimum atomic E-state index is -0.348. The highest BCUT2D eigenvalue weighted by molar-refractivity contribution is 6.03. The van der Waals surface area contributed by atoms with E-state index in [0.29, 0.717) is 12.2 Å². The van der Waals surface area contributed by atoms with Gasteiger partial charge in [-0.1, -0.05) is 19.0 Å². The van der Waals surface area contributed by atoms with Crippen LogP contribution in [0.25, 0.3) is 0 Å². The molecule has 8 nitrogen and oxygen atoms in total. The summed E-state index contributed by atoms with van der Waals surface area (Å²) in [5, 5.41) is 7.93. The fourth-order valence-electron chi connectivity index (χ4n) is 2.64. The molecule has 1 saturated heterocycles. The summed E-state index contributed by atoms with van der Waals surface area (Å²) in [6.45, 7) is 3.94. The van der Waals surface area contributed by atoms with Crippen LogP contribution in [0.4, 0.5) is 0 Å². The Kier molecular flexibility index (Phi) is 3.97. The number of imide groups is 1. The summed E-state index contributed by atoms with van der Waals surface area (Å²) in [6.07, 6.45) is 4.29. The lowest BCUT2D eigenvalue weighted by Gasteiger charge is -2.11. The second-order valence-electron chi connectivity index (χ2n) is 6.15. The van der Waals surface area contributed by atoms with Crippen molar-refractivity contribution in [2.24, 2.45) is 13.0 Å². The molecule has 1 fully saturated rings. The van der Waals surface area contributed by atoms with E-state index in [1.54, 1.807) is 10.9 Å². The van der Waals surface area contributed by atoms with Crippen molar-refractivity contribution in [3.8, 4) is 0 Å². The van der Waals surface area contributed by atoms with Gasteiger partial charge in [0, 0.05) is 25.6 Å². The zero-order chi connectivity index (χ0) is 16.6. The van der Waals surface area contributed by atoms with Crippen LogP contribution in [-0.2, 0) is 29.6 Å². The van der Waals surface area contributed by atoms with Gasteiger partial charge in [-0.15, -0.1) is 0 Å². The molecule has 0 N–H and O–H groups in total. The fraction of sp³-hybridized carbons (Fsp3) is 0.533. The van der Waals surface area contributed by atoms with E-state index >= 15 is 0 Å². The van der Waals surface area contributed by atoms with Crippen molar-refractivity contribution in [1.29, 1.82) is 0 Å². The van der Waals surface area contributed by atoms with Crippen LogP contribution < -0.4 is 0 Å². The van der Waals surface area contributed by atoms with Crippen molar-refractivity contribution in [2.75, 3.05) is 0 Å². The van der Waals surface area contributed by atoms with Crippen molar-refractivity contribution in [2.45, 2.75) is 39.2 Å². The Labute approximate surface area is 133 Å². The summed E-state index contributed by atoms with van der Waals surface area (Å²) in [7, 11) is 1.82. The maximum atomic E-state index is 12.5. The third kappa shape index (κ3) is 3.15. The number of likely N-dealkylation sites (tertiary alicyclic amines) is 1. The molecule has 2 aromatic rings. The third-order valence-electron chi connectivity index (χ3n) is 3.87. The maximum Gasteiger partial charge on any atom is 0.246 e. The highest BCUT2D eigenvalue weighted by atomic mass is 16.5.